The molecule has 24 heavy (non-hydrogen) atoms. The summed E-state index contributed by atoms with van der Waals surface area (Å²) in [6.45, 7) is 6.04. The van der Waals surface area contributed by atoms with Gasteiger partial charge in [-0.1, -0.05) is 23.7 Å². The summed E-state index contributed by atoms with van der Waals surface area (Å²) in [6, 6.07) is 7.97. The fourth-order valence-corrected chi connectivity index (χ4v) is 3.66. The highest BCUT2D eigenvalue weighted by atomic mass is 35.5. The molecule has 0 N–H and O–H groups in total. The molecule has 4 nitrogen and oxygen atoms in total. The molecule has 132 valence electrons. The molecule has 1 amide bonds. The van der Waals surface area contributed by atoms with Gasteiger partial charge in [0.15, 0.2) is 0 Å². The van der Waals surface area contributed by atoms with Crippen LogP contribution in [0, 0.1) is 5.92 Å². The van der Waals surface area contributed by atoms with Gasteiger partial charge >= 0.3 is 0 Å². The van der Waals surface area contributed by atoms with Gasteiger partial charge in [0.1, 0.15) is 0 Å². The van der Waals surface area contributed by atoms with Crippen molar-refractivity contribution in [2.24, 2.45) is 5.92 Å². The van der Waals surface area contributed by atoms with E-state index in [1.807, 2.05) is 12.1 Å². The first-order chi connectivity index (χ1) is 11.5. The fraction of sp³-hybridized carbons (Fsp3) is 0.632. The van der Waals surface area contributed by atoms with Gasteiger partial charge in [0.05, 0.1) is 0 Å². The van der Waals surface area contributed by atoms with Crippen LogP contribution in [0.4, 0.5) is 0 Å². The minimum Gasteiger partial charge on any atom is -0.341 e. The molecule has 0 bridgehead atoms. The Hall–Kier alpha value is -1.10. The third-order valence-corrected chi connectivity index (χ3v) is 5.42. The van der Waals surface area contributed by atoms with Crippen LogP contribution in [0.5, 0.6) is 0 Å². The predicted octanol–water partition coefficient (Wildman–Crippen LogP) is 2.54. The maximum absolute atomic E-state index is 12.8. The normalized spacial score (nSPS) is 24.9. The van der Waals surface area contributed by atoms with Crippen molar-refractivity contribution in [3.8, 4) is 0 Å². The number of carbonyl (C=O) groups excluding carboxylic acids is 1. The van der Waals surface area contributed by atoms with E-state index in [-0.39, 0.29) is 5.92 Å². The smallest absolute Gasteiger partial charge is 0.226 e. The standard InChI is InChI=1S/C19H28ClN3O/c1-21(2)10-11-22-8-3-9-23(13-12-22)19(24)18-14-17(18)15-4-6-16(20)7-5-15/h4-7,17-18H,3,8-14H2,1-2H3/t17-,18+/m1/s1. The van der Waals surface area contributed by atoms with Crippen molar-refractivity contribution >= 4 is 17.5 Å². The SMILES string of the molecule is CN(C)CCN1CCCN(C(=O)[C@H]2C[C@@H]2c2ccc(Cl)cc2)CC1. The van der Waals surface area contributed by atoms with Gasteiger partial charge in [-0.3, -0.25) is 4.79 Å². The summed E-state index contributed by atoms with van der Waals surface area (Å²) < 4.78 is 0. The van der Waals surface area contributed by atoms with Crippen LogP contribution >= 0.6 is 11.6 Å². The highest BCUT2D eigenvalue weighted by Crippen LogP contribution is 2.48. The Labute approximate surface area is 150 Å². The van der Waals surface area contributed by atoms with Gasteiger partial charge in [-0.15, -0.1) is 0 Å². The molecule has 1 aromatic carbocycles. The summed E-state index contributed by atoms with van der Waals surface area (Å²) in [4.78, 5) is 19.6. The number of benzene rings is 1. The lowest BCUT2D eigenvalue weighted by atomic mass is 10.1. The second kappa shape index (κ2) is 7.85. The maximum atomic E-state index is 12.8. The highest BCUT2D eigenvalue weighted by Gasteiger charge is 2.45. The molecule has 1 saturated carbocycles. The lowest BCUT2D eigenvalue weighted by Crippen LogP contribution is -2.37. The summed E-state index contributed by atoms with van der Waals surface area (Å²) >= 11 is 5.95. The van der Waals surface area contributed by atoms with Crippen molar-refractivity contribution in [2.45, 2.75) is 18.8 Å². The minimum atomic E-state index is 0.180. The second-order valence-electron chi connectivity index (χ2n) is 7.32. The number of hydrogen-bond acceptors (Lipinski definition) is 3. The number of amides is 1. The zero-order chi connectivity index (χ0) is 17.1. The Kier molecular flexibility index (Phi) is 5.80. The molecule has 1 aliphatic heterocycles. The number of carbonyl (C=O) groups is 1. The largest absolute Gasteiger partial charge is 0.341 e. The van der Waals surface area contributed by atoms with E-state index >= 15 is 0 Å². The van der Waals surface area contributed by atoms with E-state index in [4.69, 9.17) is 11.6 Å². The van der Waals surface area contributed by atoms with Crippen LogP contribution in [-0.4, -0.2) is 74.0 Å². The van der Waals surface area contributed by atoms with Crippen LogP contribution < -0.4 is 0 Å². The van der Waals surface area contributed by atoms with Crippen molar-refractivity contribution in [1.82, 2.24) is 14.7 Å². The number of rotatable bonds is 5. The fourth-order valence-electron chi connectivity index (χ4n) is 3.54. The molecule has 0 radical (unpaired) electrons. The van der Waals surface area contributed by atoms with Crippen LogP contribution in [0.1, 0.15) is 24.3 Å². The van der Waals surface area contributed by atoms with Gasteiger partial charge in [0.2, 0.25) is 5.91 Å². The van der Waals surface area contributed by atoms with Gasteiger partial charge in [-0.05, 0) is 57.1 Å². The molecule has 3 rings (SSSR count). The number of nitrogens with zero attached hydrogens (tertiary/aromatic N) is 3. The molecular weight excluding hydrogens is 322 g/mol. The average molecular weight is 350 g/mol. The van der Waals surface area contributed by atoms with E-state index < -0.39 is 0 Å². The first-order valence-corrected chi connectivity index (χ1v) is 9.34. The summed E-state index contributed by atoms with van der Waals surface area (Å²) in [5, 5.41) is 0.757. The first kappa shape index (κ1) is 17.7. The Morgan fingerprint density at radius 2 is 1.92 bits per heavy atom. The average Bonchev–Trinajstić information content (AvgIpc) is 3.37. The number of likely N-dealkylation sites (N-methyl/N-ethyl adjacent to an activating group) is 1. The first-order valence-electron chi connectivity index (χ1n) is 8.96. The Morgan fingerprint density at radius 1 is 1.17 bits per heavy atom. The lowest BCUT2D eigenvalue weighted by Gasteiger charge is -2.23. The van der Waals surface area contributed by atoms with Gasteiger partial charge in [0.25, 0.3) is 0 Å². The molecule has 0 unspecified atom stereocenters. The molecule has 2 atom stereocenters. The Morgan fingerprint density at radius 3 is 2.62 bits per heavy atom. The van der Waals surface area contributed by atoms with Crippen LogP contribution in [0.2, 0.25) is 5.02 Å². The summed E-state index contributed by atoms with van der Waals surface area (Å²) in [6.07, 6.45) is 2.07. The van der Waals surface area contributed by atoms with Crippen molar-refractivity contribution < 1.29 is 4.79 Å². The zero-order valence-electron chi connectivity index (χ0n) is 14.7. The van der Waals surface area contributed by atoms with Crippen molar-refractivity contribution in [3.05, 3.63) is 34.9 Å². The summed E-state index contributed by atoms with van der Waals surface area (Å²) in [5.74, 6) is 0.923. The van der Waals surface area contributed by atoms with Crippen LogP contribution in [0.3, 0.4) is 0 Å². The van der Waals surface area contributed by atoms with E-state index in [0.717, 1.165) is 57.1 Å². The topological polar surface area (TPSA) is 26.8 Å². The van der Waals surface area contributed by atoms with Crippen molar-refractivity contribution in [2.75, 3.05) is 53.4 Å². The van der Waals surface area contributed by atoms with Gasteiger partial charge < -0.3 is 14.7 Å². The molecule has 1 aliphatic carbocycles. The molecule has 1 heterocycles. The predicted molar refractivity (Wildman–Crippen MR) is 98.5 cm³/mol. The van der Waals surface area contributed by atoms with E-state index in [0.29, 0.717) is 11.8 Å². The Balaban J connectivity index is 1.50. The lowest BCUT2D eigenvalue weighted by molar-refractivity contribution is -0.132. The molecule has 5 heteroatoms. The van der Waals surface area contributed by atoms with Gasteiger partial charge in [0, 0.05) is 43.7 Å². The highest BCUT2D eigenvalue weighted by molar-refractivity contribution is 6.30. The van der Waals surface area contributed by atoms with E-state index in [1.54, 1.807) is 0 Å². The van der Waals surface area contributed by atoms with E-state index in [1.165, 1.54) is 5.56 Å². The molecular formula is C19H28ClN3O. The Bertz CT molecular complexity index is 560. The molecule has 0 aromatic heterocycles. The third kappa shape index (κ3) is 4.50. The van der Waals surface area contributed by atoms with Crippen LogP contribution in [0.25, 0.3) is 0 Å². The quantitative estimate of drug-likeness (QED) is 0.817. The van der Waals surface area contributed by atoms with Crippen LogP contribution in [-0.2, 0) is 4.79 Å². The summed E-state index contributed by atoms with van der Waals surface area (Å²) in [7, 11) is 4.22. The van der Waals surface area contributed by atoms with Crippen LogP contribution in [0.15, 0.2) is 24.3 Å². The third-order valence-electron chi connectivity index (χ3n) is 5.17. The van der Waals surface area contributed by atoms with E-state index in [9.17, 15) is 4.79 Å². The maximum Gasteiger partial charge on any atom is 0.226 e. The number of halogens is 1. The molecule has 2 aliphatic rings. The van der Waals surface area contributed by atoms with Crippen molar-refractivity contribution in [3.63, 3.8) is 0 Å². The summed E-state index contributed by atoms with van der Waals surface area (Å²) in [5.41, 5.74) is 1.25. The molecule has 1 saturated heterocycles. The monoisotopic (exact) mass is 349 g/mol. The van der Waals surface area contributed by atoms with E-state index in [2.05, 4.69) is 40.9 Å². The molecule has 2 fully saturated rings. The van der Waals surface area contributed by atoms with Crippen molar-refractivity contribution in [1.29, 1.82) is 0 Å². The molecule has 1 aromatic rings. The van der Waals surface area contributed by atoms with Gasteiger partial charge in [-0.25, -0.2) is 0 Å². The molecule has 0 spiro atoms. The second-order valence-corrected chi connectivity index (χ2v) is 7.76. The zero-order valence-corrected chi connectivity index (χ0v) is 15.5. The number of hydrogen-bond donors (Lipinski definition) is 0. The minimum absolute atomic E-state index is 0.180. The van der Waals surface area contributed by atoms with Gasteiger partial charge in [-0.2, -0.15) is 0 Å².